The molecule has 4 aromatic rings. The van der Waals surface area contributed by atoms with E-state index >= 15 is 0 Å². The molecule has 0 aliphatic heterocycles. The molecule has 0 saturated heterocycles. The van der Waals surface area contributed by atoms with Gasteiger partial charge in [-0.05, 0) is 45.8 Å². The molecule has 1 nitrogen and oxygen atoms in total. The molecular formula is C23H20O. The Bertz CT molecular complexity index is 987. The number of aryl methyl sites for hydroxylation is 1. The Balaban J connectivity index is 1.82. The van der Waals surface area contributed by atoms with Crippen LogP contribution in [0.15, 0.2) is 78.9 Å². The highest BCUT2D eigenvalue weighted by atomic mass is 16.5. The van der Waals surface area contributed by atoms with E-state index in [0.29, 0.717) is 6.61 Å². The lowest BCUT2D eigenvalue weighted by Crippen LogP contribution is -1.99. The van der Waals surface area contributed by atoms with E-state index in [0.717, 1.165) is 12.2 Å². The van der Waals surface area contributed by atoms with Crippen LogP contribution in [0.4, 0.5) is 0 Å². The number of hydrogen-bond acceptors (Lipinski definition) is 1. The van der Waals surface area contributed by atoms with E-state index in [9.17, 15) is 0 Å². The third kappa shape index (κ3) is 2.74. The monoisotopic (exact) mass is 312 g/mol. The van der Waals surface area contributed by atoms with Crippen molar-refractivity contribution in [3.05, 3.63) is 90.0 Å². The van der Waals surface area contributed by atoms with E-state index in [4.69, 9.17) is 4.74 Å². The quantitative estimate of drug-likeness (QED) is 0.412. The van der Waals surface area contributed by atoms with Crippen LogP contribution in [0.2, 0.25) is 0 Å². The molecule has 0 aliphatic carbocycles. The van der Waals surface area contributed by atoms with Gasteiger partial charge in [0.15, 0.2) is 0 Å². The molecule has 0 aliphatic rings. The van der Waals surface area contributed by atoms with Crippen molar-refractivity contribution in [3.8, 4) is 5.75 Å². The van der Waals surface area contributed by atoms with Crippen LogP contribution in [0, 0.1) is 0 Å². The smallest absolute Gasteiger partial charge is 0.130 e. The van der Waals surface area contributed by atoms with Gasteiger partial charge < -0.3 is 4.74 Å². The first-order valence-electron chi connectivity index (χ1n) is 8.46. The Morgan fingerprint density at radius 3 is 2.17 bits per heavy atom. The summed E-state index contributed by atoms with van der Waals surface area (Å²) < 4.78 is 6.28. The van der Waals surface area contributed by atoms with E-state index in [1.54, 1.807) is 0 Å². The Labute approximate surface area is 142 Å². The van der Waals surface area contributed by atoms with Crippen LogP contribution < -0.4 is 4.74 Å². The first-order valence-corrected chi connectivity index (χ1v) is 8.46. The highest BCUT2D eigenvalue weighted by Crippen LogP contribution is 2.34. The molecule has 0 bridgehead atoms. The molecule has 0 atom stereocenters. The first-order chi connectivity index (χ1) is 11.8. The van der Waals surface area contributed by atoms with Gasteiger partial charge in [0, 0.05) is 5.39 Å². The van der Waals surface area contributed by atoms with Gasteiger partial charge in [-0.2, -0.15) is 0 Å². The third-order valence-electron chi connectivity index (χ3n) is 4.53. The highest BCUT2D eigenvalue weighted by molar-refractivity contribution is 6.01. The van der Waals surface area contributed by atoms with E-state index < -0.39 is 0 Å². The minimum absolute atomic E-state index is 0.597. The van der Waals surface area contributed by atoms with Crippen LogP contribution in [0.5, 0.6) is 5.75 Å². The molecule has 0 unspecified atom stereocenters. The van der Waals surface area contributed by atoms with Crippen LogP contribution >= 0.6 is 0 Å². The van der Waals surface area contributed by atoms with Crippen molar-refractivity contribution in [2.24, 2.45) is 0 Å². The molecule has 4 aromatic carbocycles. The van der Waals surface area contributed by atoms with Crippen molar-refractivity contribution >= 4 is 21.5 Å². The van der Waals surface area contributed by atoms with Crippen LogP contribution in [-0.2, 0) is 13.0 Å². The summed E-state index contributed by atoms with van der Waals surface area (Å²) in [7, 11) is 0. The van der Waals surface area contributed by atoms with E-state index in [-0.39, 0.29) is 0 Å². The lowest BCUT2D eigenvalue weighted by atomic mass is 9.99. The van der Waals surface area contributed by atoms with E-state index in [2.05, 4.69) is 79.7 Å². The van der Waals surface area contributed by atoms with Crippen LogP contribution in [-0.4, -0.2) is 0 Å². The Morgan fingerprint density at radius 2 is 1.42 bits per heavy atom. The topological polar surface area (TPSA) is 9.23 Å². The molecule has 0 spiro atoms. The maximum Gasteiger partial charge on any atom is 0.130 e. The molecular weight excluding hydrogens is 292 g/mol. The van der Waals surface area contributed by atoms with Crippen molar-refractivity contribution in [2.45, 2.75) is 20.0 Å². The maximum absolute atomic E-state index is 6.28. The number of rotatable bonds is 4. The van der Waals surface area contributed by atoms with Crippen LogP contribution in [0.3, 0.4) is 0 Å². The average molecular weight is 312 g/mol. The Hall–Kier alpha value is -2.80. The van der Waals surface area contributed by atoms with Crippen molar-refractivity contribution in [2.75, 3.05) is 0 Å². The molecule has 0 heterocycles. The van der Waals surface area contributed by atoms with Gasteiger partial charge in [0.1, 0.15) is 12.4 Å². The number of ether oxygens (including phenoxy) is 1. The van der Waals surface area contributed by atoms with E-state index in [1.165, 1.54) is 32.7 Å². The molecule has 0 saturated carbocycles. The van der Waals surface area contributed by atoms with Gasteiger partial charge in [-0.3, -0.25) is 0 Å². The lowest BCUT2D eigenvalue weighted by Gasteiger charge is -2.15. The van der Waals surface area contributed by atoms with Gasteiger partial charge in [0.05, 0.1) is 0 Å². The van der Waals surface area contributed by atoms with Crippen LogP contribution in [0.25, 0.3) is 21.5 Å². The standard InChI is InChI=1S/C23H20O/c1-2-18-12-13-21-14-19-10-6-7-11-20(19)15-22(21)23(18)24-16-17-8-4-3-5-9-17/h3-15H,2,16H2,1H3. The van der Waals surface area contributed by atoms with Gasteiger partial charge in [0.25, 0.3) is 0 Å². The van der Waals surface area contributed by atoms with Gasteiger partial charge in [-0.25, -0.2) is 0 Å². The summed E-state index contributed by atoms with van der Waals surface area (Å²) in [5, 5.41) is 4.95. The summed E-state index contributed by atoms with van der Waals surface area (Å²) >= 11 is 0. The molecule has 4 rings (SSSR count). The van der Waals surface area contributed by atoms with Gasteiger partial charge in [-0.15, -0.1) is 0 Å². The maximum atomic E-state index is 6.28. The van der Waals surface area contributed by atoms with Crippen molar-refractivity contribution in [1.29, 1.82) is 0 Å². The SMILES string of the molecule is CCc1ccc2cc3ccccc3cc2c1OCc1ccccc1. The second-order valence-corrected chi connectivity index (χ2v) is 6.10. The molecule has 0 N–H and O–H groups in total. The molecule has 1 heteroatoms. The predicted molar refractivity (Wildman–Crippen MR) is 102 cm³/mol. The fourth-order valence-corrected chi connectivity index (χ4v) is 3.21. The first kappa shape index (κ1) is 14.8. The van der Waals surface area contributed by atoms with Gasteiger partial charge in [0.2, 0.25) is 0 Å². The van der Waals surface area contributed by atoms with Crippen molar-refractivity contribution in [1.82, 2.24) is 0 Å². The molecule has 0 amide bonds. The average Bonchev–Trinajstić information content (AvgIpc) is 2.65. The van der Waals surface area contributed by atoms with Crippen molar-refractivity contribution < 1.29 is 4.74 Å². The molecule has 0 fully saturated rings. The van der Waals surface area contributed by atoms with Crippen LogP contribution in [0.1, 0.15) is 18.1 Å². The number of hydrogen-bond donors (Lipinski definition) is 0. The highest BCUT2D eigenvalue weighted by Gasteiger charge is 2.09. The molecule has 24 heavy (non-hydrogen) atoms. The summed E-state index contributed by atoms with van der Waals surface area (Å²) in [6, 6.07) is 27.7. The summed E-state index contributed by atoms with van der Waals surface area (Å²) in [6.07, 6.45) is 0.965. The fraction of sp³-hybridized carbons (Fsp3) is 0.130. The summed E-state index contributed by atoms with van der Waals surface area (Å²) in [5.41, 5.74) is 2.45. The second-order valence-electron chi connectivity index (χ2n) is 6.10. The zero-order valence-corrected chi connectivity index (χ0v) is 13.8. The molecule has 0 radical (unpaired) electrons. The largest absolute Gasteiger partial charge is 0.488 e. The molecule has 0 aromatic heterocycles. The Kier molecular flexibility index (Phi) is 3.92. The Morgan fingerprint density at radius 1 is 0.708 bits per heavy atom. The zero-order valence-electron chi connectivity index (χ0n) is 13.8. The minimum atomic E-state index is 0.597. The summed E-state index contributed by atoms with van der Waals surface area (Å²) in [4.78, 5) is 0. The third-order valence-corrected chi connectivity index (χ3v) is 4.53. The van der Waals surface area contributed by atoms with Gasteiger partial charge in [-0.1, -0.05) is 73.7 Å². The summed E-state index contributed by atoms with van der Waals surface area (Å²) in [5.74, 6) is 1.02. The second kappa shape index (κ2) is 6.37. The zero-order chi connectivity index (χ0) is 16.4. The lowest BCUT2D eigenvalue weighted by molar-refractivity contribution is 0.307. The minimum Gasteiger partial charge on any atom is -0.488 e. The molecule has 118 valence electrons. The normalized spacial score (nSPS) is 11.0. The number of benzene rings is 4. The van der Waals surface area contributed by atoms with E-state index in [1.807, 2.05) is 6.07 Å². The fourth-order valence-electron chi connectivity index (χ4n) is 3.21. The van der Waals surface area contributed by atoms with Gasteiger partial charge >= 0.3 is 0 Å². The predicted octanol–water partition coefficient (Wildman–Crippen LogP) is 6.13. The summed E-state index contributed by atoms with van der Waals surface area (Å²) in [6.45, 7) is 2.78. The number of fused-ring (bicyclic) bond motifs is 2. The van der Waals surface area contributed by atoms with Crippen molar-refractivity contribution in [3.63, 3.8) is 0 Å².